The summed E-state index contributed by atoms with van der Waals surface area (Å²) >= 11 is 0. The van der Waals surface area contributed by atoms with Crippen LogP contribution in [0.2, 0.25) is 0 Å². The lowest BCUT2D eigenvalue weighted by Crippen LogP contribution is -2.42. The summed E-state index contributed by atoms with van der Waals surface area (Å²) in [4.78, 5) is 28.4. The molecule has 1 atom stereocenters. The van der Waals surface area contributed by atoms with Gasteiger partial charge in [-0.05, 0) is 23.9 Å². The lowest BCUT2D eigenvalue weighted by molar-refractivity contribution is -0.120. The summed E-state index contributed by atoms with van der Waals surface area (Å²) in [5, 5.41) is 6.69. The summed E-state index contributed by atoms with van der Waals surface area (Å²) in [5.74, 6) is -0.605. The van der Waals surface area contributed by atoms with Crippen molar-refractivity contribution in [2.75, 3.05) is 25.2 Å². The van der Waals surface area contributed by atoms with Gasteiger partial charge in [0.2, 0.25) is 11.8 Å². The molecular weight excluding hydrogens is 358 g/mol. The molecule has 1 fully saturated rings. The van der Waals surface area contributed by atoms with Gasteiger partial charge in [-0.2, -0.15) is 0 Å². The summed E-state index contributed by atoms with van der Waals surface area (Å²) < 4.78 is 28.0. The van der Waals surface area contributed by atoms with Crippen LogP contribution >= 0.6 is 0 Å². The third kappa shape index (κ3) is 4.10. The van der Waals surface area contributed by atoms with Crippen LogP contribution in [-0.2, 0) is 14.6 Å². The average Bonchev–Trinajstić information content (AvgIpc) is 2.96. The van der Waals surface area contributed by atoms with E-state index in [1.165, 1.54) is 7.11 Å². The van der Waals surface area contributed by atoms with Crippen LogP contribution in [0.5, 0.6) is 5.88 Å². The van der Waals surface area contributed by atoms with Gasteiger partial charge in [-0.3, -0.25) is 9.59 Å². The molecule has 0 saturated carbocycles. The Morgan fingerprint density at radius 2 is 2.08 bits per heavy atom. The van der Waals surface area contributed by atoms with E-state index in [0.29, 0.717) is 12.3 Å². The van der Waals surface area contributed by atoms with Gasteiger partial charge >= 0.3 is 0 Å². The van der Waals surface area contributed by atoms with E-state index in [0.717, 1.165) is 10.8 Å². The molecule has 26 heavy (non-hydrogen) atoms. The second kappa shape index (κ2) is 7.28. The Morgan fingerprint density at radius 1 is 1.31 bits per heavy atom. The zero-order valence-electron chi connectivity index (χ0n) is 14.2. The summed E-state index contributed by atoms with van der Waals surface area (Å²) in [6.07, 6.45) is 0.394. The van der Waals surface area contributed by atoms with Crippen LogP contribution in [0, 0.1) is 0 Å². The van der Waals surface area contributed by atoms with Crippen LogP contribution in [0.1, 0.15) is 16.9 Å². The fourth-order valence-electron chi connectivity index (χ4n) is 2.88. The van der Waals surface area contributed by atoms with Gasteiger partial charge in [0.15, 0.2) is 9.84 Å². The molecule has 2 amide bonds. The van der Waals surface area contributed by atoms with E-state index >= 15 is 0 Å². The Hall–Kier alpha value is -2.68. The first-order chi connectivity index (χ1) is 12.4. The van der Waals surface area contributed by atoms with Crippen molar-refractivity contribution in [3.05, 3.63) is 36.0 Å². The topological polar surface area (TPSA) is 114 Å². The van der Waals surface area contributed by atoms with Crippen LogP contribution in [0.3, 0.4) is 0 Å². The van der Waals surface area contributed by atoms with Crippen molar-refractivity contribution in [1.82, 2.24) is 15.6 Å². The van der Waals surface area contributed by atoms with Crippen LogP contribution in [0.4, 0.5) is 0 Å². The highest BCUT2D eigenvalue weighted by molar-refractivity contribution is 7.91. The number of nitrogens with zero attached hydrogens (tertiary/aromatic N) is 1. The summed E-state index contributed by atoms with van der Waals surface area (Å²) in [7, 11) is -1.60. The molecule has 8 nitrogen and oxygen atoms in total. The van der Waals surface area contributed by atoms with Crippen molar-refractivity contribution in [2.45, 2.75) is 12.5 Å². The minimum atomic E-state index is -3.07. The SMILES string of the molecule is COc1nc(C(=O)NCC(=O)N[C@H]2CCS(=O)(=O)C2)cc2ccccc12. The first kappa shape index (κ1) is 18.1. The lowest BCUT2D eigenvalue weighted by Gasteiger charge is -2.12. The van der Waals surface area contributed by atoms with E-state index < -0.39 is 27.7 Å². The maximum atomic E-state index is 12.3. The number of amides is 2. The van der Waals surface area contributed by atoms with Gasteiger partial charge in [-0.15, -0.1) is 0 Å². The minimum absolute atomic E-state index is 0.0594. The van der Waals surface area contributed by atoms with Crippen LogP contribution in [0.25, 0.3) is 10.8 Å². The third-order valence-electron chi connectivity index (χ3n) is 4.14. The molecule has 3 rings (SSSR count). The molecular formula is C17H19N3O5S. The molecule has 2 heterocycles. The van der Waals surface area contributed by atoms with E-state index in [1.807, 2.05) is 24.3 Å². The highest BCUT2D eigenvalue weighted by Crippen LogP contribution is 2.24. The summed E-state index contributed by atoms with van der Waals surface area (Å²) in [6.45, 7) is -0.258. The van der Waals surface area contributed by atoms with Crippen molar-refractivity contribution in [1.29, 1.82) is 0 Å². The number of rotatable bonds is 5. The first-order valence-electron chi connectivity index (χ1n) is 8.10. The normalized spacial score (nSPS) is 18.4. The molecule has 1 aromatic carbocycles. The molecule has 0 bridgehead atoms. The molecule has 2 aromatic rings. The van der Waals surface area contributed by atoms with Gasteiger partial charge in [0.1, 0.15) is 5.69 Å². The number of carbonyl (C=O) groups excluding carboxylic acids is 2. The molecule has 0 spiro atoms. The van der Waals surface area contributed by atoms with E-state index in [1.54, 1.807) is 6.07 Å². The van der Waals surface area contributed by atoms with Gasteiger partial charge in [-0.1, -0.05) is 18.2 Å². The van der Waals surface area contributed by atoms with Gasteiger partial charge in [-0.25, -0.2) is 13.4 Å². The summed E-state index contributed by atoms with van der Waals surface area (Å²) in [6, 6.07) is 8.58. The number of carbonyl (C=O) groups is 2. The monoisotopic (exact) mass is 377 g/mol. The first-order valence-corrected chi connectivity index (χ1v) is 9.92. The fourth-order valence-corrected chi connectivity index (χ4v) is 4.55. The standard InChI is InChI=1S/C17H19N3O5S/c1-25-17-13-5-3-2-4-11(13)8-14(20-17)16(22)18-9-15(21)19-12-6-7-26(23,24)10-12/h2-5,8,12H,6-7,9-10H2,1H3,(H,18,22)(H,19,21)/t12-/m0/s1. The zero-order chi connectivity index (χ0) is 18.7. The van der Waals surface area contributed by atoms with Crippen molar-refractivity contribution in [2.24, 2.45) is 0 Å². The van der Waals surface area contributed by atoms with Crippen LogP contribution in [-0.4, -0.2) is 56.4 Å². The molecule has 9 heteroatoms. The maximum Gasteiger partial charge on any atom is 0.270 e. The Kier molecular flexibility index (Phi) is 5.08. The number of pyridine rings is 1. The Bertz CT molecular complexity index is 958. The predicted octanol–water partition coefficient (Wildman–Crippen LogP) is 0.277. The second-order valence-electron chi connectivity index (χ2n) is 6.09. The molecule has 1 aromatic heterocycles. The molecule has 1 saturated heterocycles. The number of fused-ring (bicyclic) bond motifs is 1. The predicted molar refractivity (Wildman–Crippen MR) is 95.8 cm³/mol. The molecule has 1 aliphatic rings. The molecule has 138 valence electrons. The number of sulfone groups is 1. The minimum Gasteiger partial charge on any atom is -0.481 e. The highest BCUT2D eigenvalue weighted by Gasteiger charge is 2.28. The number of methoxy groups -OCH3 is 1. The van der Waals surface area contributed by atoms with E-state index in [4.69, 9.17) is 4.74 Å². The van der Waals surface area contributed by atoms with Gasteiger partial charge in [0.25, 0.3) is 5.91 Å². The maximum absolute atomic E-state index is 12.3. The smallest absolute Gasteiger partial charge is 0.270 e. The average molecular weight is 377 g/mol. The van der Waals surface area contributed by atoms with Crippen LogP contribution in [0.15, 0.2) is 30.3 Å². The number of hydrogen-bond donors (Lipinski definition) is 2. The van der Waals surface area contributed by atoms with Crippen molar-refractivity contribution in [3.63, 3.8) is 0 Å². The number of ether oxygens (including phenoxy) is 1. The zero-order valence-corrected chi connectivity index (χ0v) is 15.0. The molecule has 1 aliphatic heterocycles. The van der Waals surface area contributed by atoms with E-state index in [-0.39, 0.29) is 23.7 Å². The molecule has 0 radical (unpaired) electrons. The lowest BCUT2D eigenvalue weighted by atomic mass is 10.1. The highest BCUT2D eigenvalue weighted by atomic mass is 32.2. The Labute approximate surface area is 150 Å². The Morgan fingerprint density at radius 3 is 2.77 bits per heavy atom. The van der Waals surface area contributed by atoms with Crippen LogP contribution < -0.4 is 15.4 Å². The number of aromatic nitrogens is 1. The quantitative estimate of drug-likeness (QED) is 0.773. The van der Waals surface area contributed by atoms with Gasteiger partial charge in [0, 0.05) is 11.4 Å². The van der Waals surface area contributed by atoms with Gasteiger partial charge < -0.3 is 15.4 Å². The number of nitrogens with one attached hydrogen (secondary N) is 2. The second-order valence-corrected chi connectivity index (χ2v) is 8.32. The molecule has 0 unspecified atom stereocenters. The molecule has 2 N–H and O–H groups in total. The fraction of sp³-hybridized carbons (Fsp3) is 0.353. The number of hydrogen-bond acceptors (Lipinski definition) is 6. The third-order valence-corrected chi connectivity index (χ3v) is 5.91. The largest absolute Gasteiger partial charge is 0.481 e. The van der Waals surface area contributed by atoms with E-state index in [2.05, 4.69) is 15.6 Å². The van der Waals surface area contributed by atoms with Gasteiger partial charge in [0.05, 0.1) is 25.2 Å². The molecule has 0 aliphatic carbocycles. The van der Waals surface area contributed by atoms with Crippen molar-refractivity contribution in [3.8, 4) is 5.88 Å². The van der Waals surface area contributed by atoms with Crippen molar-refractivity contribution >= 4 is 32.4 Å². The number of benzene rings is 1. The summed E-state index contributed by atoms with van der Waals surface area (Å²) in [5.41, 5.74) is 0.136. The van der Waals surface area contributed by atoms with E-state index in [9.17, 15) is 18.0 Å². The Balaban J connectivity index is 1.63. The van der Waals surface area contributed by atoms with Crippen molar-refractivity contribution < 1.29 is 22.7 Å².